The summed E-state index contributed by atoms with van der Waals surface area (Å²) >= 11 is 0. The van der Waals surface area contributed by atoms with E-state index in [9.17, 15) is 9.18 Å². The molecule has 0 aliphatic carbocycles. The van der Waals surface area contributed by atoms with Gasteiger partial charge in [0.15, 0.2) is 0 Å². The highest BCUT2D eigenvalue weighted by molar-refractivity contribution is 5.76. The maximum absolute atomic E-state index is 12.9. The van der Waals surface area contributed by atoms with Crippen molar-refractivity contribution in [3.05, 3.63) is 36.0 Å². The molecule has 2 N–H and O–H groups in total. The zero-order valence-electron chi connectivity index (χ0n) is 13.8. The van der Waals surface area contributed by atoms with E-state index in [2.05, 4.69) is 15.5 Å². The Labute approximate surface area is 140 Å². The molecule has 0 bridgehead atoms. The van der Waals surface area contributed by atoms with Crippen molar-refractivity contribution in [2.45, 2.75) is 39.2 Å². The summed E-state index contributed by atoms with van der Waals surface area (Å²) in [4.78, 5) is 16.1. The van der Waals surface area contributed by atoms with E-state index in [1.807, 2.05) is 13.8 Å². The molecule has 130 valence electrons. The van der Waals surface area contributed by atoms with E-state index < -0.39 is 0 Å². The number of nitrogens with one attached hydrogen (secondary N) is 1. The normalized spacial score (nSPS) is 13.5. The van der Waals surface area contributed by atoms with Crippen molar-refractivity contribution in [3.63, 3.8) is 0 Å². The van der Waals surface area contributed by atoms with Gasteiger partial charge in [0.25, 0.3) is 0 Å². The summed E-state index contributed by atoms with van der Waals surface area (Å²) in [6.45, 7) is 3.78. The molecular weight excluding hydrogens is 313 g/mol. The van der Waals surface area contributed by atoms with Crippen LogP contribution in [0.1, 0.15) is 32.6 Å². The summed E-state index contributed by atoms with van der Waals surface area (Å²) in [5.41, 5.74) is 0.677. The standard InChI is InChI=1S/C17H22FN3O3/c1-11(10-22)12(2)19-15(23)4-3-5-16-20-17(21-24-16)13-6-8-14(18)9-7-13/h6-9,11-12,22H,3-5,10H2,1-2H3,(H,19,23). The minimum absolute atomic E-state index is 0.0168. The first-order valence-corrected chi connectivity index (χ1v) is 7.98. The van der Waals surface area contributed by atoms with Crippen LogP contribution in [0.2, 0.25) is 0 Å². The number of nitrogens with zero attached hydrogens (tertiary/aromatic N) is 2. The fourth-order valence-corrected chi connectivity index (χ4v) is 2.10. The number of aromatic nitrogens is 2. The second-order valence-electron chi connectivity index (χ2n) is 5.89. The number of hydrogen-bond donors (Lipinski definition) is 2. The molecule has 2 aromatic rings. The number of amides is 1. The molecule has 1 amide bonds. The van der Waals surface area contributed by atoms with E-state index in [0.717, 1.165) is 0 Å². The van der Waals surface area contributed by atoms with Gasteiger partial charge in [-0.15, -0.1) is 0 Å². The fraction of sp³-hybridized carbons (Fsp3) is 0.471. The van der Waals surface area contributed by atoms with Gasteiger partial charge in [0.05, 0.1) is 0 Å². The van der Waals surface area contributed by atoms with Crippen LogP contribution in [0.15, 0.2) is 28.8 Å². The van der Waals surface area contributed by atoms with Gasteiger partial charge in [0, 0.05) is 31.1 Å². The summed E-state index contributed by atoms with van der Waals surface area (Å²) in [7, 11) is 0. The molecule has 1 heterocycles. The monoisotopic (exact) mass is 335 g/mol. The lowest BCUT2D eigenvalue weighted by Crippen LogP contribution is -2.38. The summed E-state index contributed by atoms with van der Waals surface area (Å²) in [5, 5.41) is 15.8. The van der Waals surface area contributed by atoms with Gasteiger partial charge < -0.3 is 14.9 Å². The molecule has 0 aliphatic heterocycles. The van der Waals surface area contributed by atoms with Crippen LogP contribution in [0.4, 0.5) is 4.39 Å². The predicted octanol–water partition coefficient (Wildman–Crippen LogP) is 2.33. The van der Waals surface area contributed by atoms with Crippen molar-refractivity contribution in [3.8, 4) is 11.4 Å². The third kappa shape index (κ3) is 5.13. The molecule has 1 aromatic carbocycles. The molecule has 2 unspecified atom stereocenters. The lowest BCUT2D eigenvalue weighted by Gasteiger charge is -2.19. The Bertz CT molecular complexity index is 657. The van der Waals surface area contributed by atoms with Crippen molar-refractivity contribution in [1.82, 2.24) is 15.5 Å². The average molecular weight is 335 g/mol. The number of aliphatic hydroxyl groups excluding tert-OH is 1. The van der Waals surface area contributed by atoms with Gasteiger partial charge in [-0.1, -0.05) is 12.1 Å². The van der Waals surface area contributed by atoms with Crippen LogP contribution < -0.4 is 5.32 Å². The molecule has 6 nitrogen and oxygen atoms in total. The second-order valence-corrected chi connectivity index (χ2v) is 5.89. The van der Waals surface area contributed by atoms with E-state index in [4.69, 9.17) is 9.63 Å². The SMILES string of the molecule is CC(CO)C(C)NC(=O)CCCc1nc(-c2ccc(F)cc2)no1. The highest BCUT2D eigenvalue weighted by Gasteiger charge is 2.14. The molecule has 1 aromatic heterocycles. The second kappa shape index (κ2) is 8.54. The first-order valence-electron chi connectivity index (χ1n) is 7.98. The maximum atomic E-state index is 12.9. The van der Waals surface area contributed by atoms with Crippen LogP contribution in [-0.2, 0) is 11.2 Å². The summed E-state index contributed by atoms with van der Waals surface area (Å²) < 4.78 is 18.0. The van der Waals surface area contributed by atoms with Crippen LogP contribution in [0.3, 0.4) is 0 Å². The van der Waals surface area contributed by atoms with Crippen LogP contribution in [-0.4, -0.2) is 33.8 Å². The predicted molar refractivity (Wildman–Crippen MR) is 86.5 cm³/mol. The van der Waals surface area contributed by atoms with Gasteiger partial charge in [-0.05, 0) is 43.5 Å². The smallest absolute Gasteiger partial charge is 0.226 e. The lowest BCUT2D eigenvalue weighted by molar-refractivity contribution is -0.122. The van der Waals surface area contributed by atoms with E-state index >= 15 is 0 Å². The average Bonchev–Trinajstić information content (AvgIpc) is 3.03. The minimum atomic E-state index is -0.321. The van der Waals surface area contributed by atoms with E-state index in [-0.39, 0.29) is 30.3 Å². The number of carbonyl (C=O) groups is 1. The quantitative estimate of drug-likeness (QED) is 0.773. The van der Waals surface area contributed by atoms with Gasteiger partial charge in [0.1, 0.15) is 5.82 Å². The minimum Gasteiger partial charge on any atom is -0.396 e. The molecule has 24 heavy (non-hydrogen) atoms. The summed E-state index contributed by atoms with van der Waals surface area (Å²) in [6, 6.07) is 5.77. The van der Waals surface area contributed by atoms with Crippen LogP contribution in [0, 0.1) is 11.7 Å². The van der Waals surface area contributed by atoms with Crippen LogP contribution >= 0.6 is 0 Å². The first kappa shape index (κ1) is 18.1. The van der Waals surface area contributed by atoms with Crippen molar-refractivity contribution in [2.75, 3.05) is 6.61 Å². The largest absolute Gasteiger partial charge is 0.396 e. The number of halogens is 1. The Balaban J connectivity index is 1.79. The molecule has 7 heteroatoms. The third-order valence-corrected chi connectivity index (χ3v) is 3.90. The molecular formula is C17H22FN3O3. The van der Waals surface area contributed by atoms with Gasteiger partial charge in [0.2, 0.25) is 17.6 Å². The lowest BCUT2D eigenvalue weighted by atomic mass is 10.0. The molecule has 2 atom stereocenters. The number of carbonyl (C=O) groups excluding carboxylic acids is 1. The summed E-state index contributed by atoms with van der Waals surface area (Å²) in [6.07, 6.45) is 1.42. The number of rotatable bonds is 8. The maximum Gasteiger partial charge on any atom is 0.226 e. The molecule has 0 fully saturated rings. The third-order valence-electron chi connectivity index (χ3n) is 3.90. The van der Waals surface area contributed by atoms with E-state index in [0.29, 0.717) is 36.5 Å². The topological polar surface area (TPSA) is 88.2 Å². The van der Waals surface area contributed by atoms with Gasteiger partial charge in [-0.25, -0.2) is 4.39 Å². The van der Waals surface area contributed by atoms with E-state index in [1.54, 1.807) is 12.1 Å². The van der Waals surface area contributed by atoms with E-state index in [1.165, 1.54) is 12.1 Å². The number of aryl methyl sites for hydroxylation is 1. The van der Waals surface area contributed by atoms with Crippen molar-refractivity contribution in [1.29, 1.82) is 0 Å². The Kier molecular flexibility index (Phi) is 6.43. The number of hydrogen-bond acceptors (Lipinski definition) is 5. The van der Waals surface area contributed by atoms with Gasteiger partial charge in [-0.3, -0.25) is 4.79 Å². The molecule has 0 saturated carbocycles. The number of aliphatic hydroxyl groups is 1. The Morgan fingerprint density at radius 3 is 2.71 bits per heavy atom. The molecule has 2 rings (SSSR count). The molecule has 0 spiro atoms. The fourth-order valence-electron chi connectivity index (χ4n) is 2.10. The van der Waals surface area contributed by atoms with Crippen molar-refractivity contribution in [2.24, 2.45) is 5.92 Å². The highest BCUT2D eigenvalue weighted by Crippen LogP contribution is 2.16. The zero-order chi connectivity index (χ0) is 17.5. The zero-order valence-corrected chi connectivity index (χ0v) is 13.8. The Morgan fingerprint density at radius 2 is 2.04 bits per heavy atom. The number of benzene rings is 1. The van der Waals surface area contributed by atoms with Gasteiger partial charge in [-0.2, -0.15) is 4.98 Å². The Morgan fingerprint density at radius 1 is 1.33 bits per heavy atom. The van der Waals surface area contributed by atoms with Crippen molar-refractivity contribution < 1.29 is 18.8 Å². The van der Waals surface area contributed by atoms with Crippen LogP contribution in [0.25, 0.3) is 11.4 Å². The molecule has 0 radical (unpaired) electrons. The molecule has 0 aliphatic rings. The highest BCUT2D eigenvalue weighted by atomic mass is 19.1. The molecule has 0 saturated heterocycles. The Hall–Kier alpha value is -2.28. The summed E-state index contributed by atoms with van der Waals surface area (Å²) in [5.74, 6) is 0.473. The van der Waals surface area contributed by atoms with Gasteiger partial charge >= 0.3 is 0 Å². The van der Waals surface area contributed by atoms with Crippen LogP contribution in [0.5, 0.6) is 0 Å². The van der Waals surface area contributed by atoms with Crippen molar-refractivity contribution >= 4 is 5.91 Å². The first-order chi connectivity index (χ1) is 11.5.